The van der Waals surface area contributed by atoms with E-state index in [-0.39, 0.29) is 11.9 Å². The minimum Gasteiger partial charge on any atom is -0.346 e. The van der Waals surface area contributed by atoms with Crippen molar-refractivity contribution in [1.29, 1.82) is 0 Å². The molecular formula is C16H15BrClNO. The Labute approximate surface area is 132 Å². The van der Waals surface area contributed by atoms with Gasteiger partial charge in [-0.3, -0.25) is 4.79 Å². The molecule has 0 aliphatic heterocycles. The zero-order valence-electron chi connectivity index (χ0n) is 11.3. The van der Waals surface area contributed by atoms with Gasteiger partial charge >= 0.3 is 0 Å². The molecule has 0 saturated heterocycles. The summed E-state index contributed by atoms with van der Waals surface area (Å²) in [4.78, 5) is 12.2. The maximum atomic E-state index is 12.2. The molecule has 1 N–H and O–H groups in total. The van der Waals surface area contributed by atoms with E-state index in [2.05, 4.69) is 21.2 Å². The summed E-state index contributed by atoms with van der Waals surface area (Å²) >= 11 is 9.29. The van der Waals surface area contributed by atoms with Gasteiger partial charge in [-0.15, -0.1) is 0 Å². The lowest BCUT2D eigenvalue weighted by Crippen LogP contribution is -2.26. The normalized spacial score (nSPS) is 12.0. The van der Waals surface area contributed by atoms with Crippen molar-refractivity contribution in [1.82, 2.24) is 5.32 Å². The smallest absolute Gasteiger partial charge is 0.251 e. The summed E-state index contributed by atoms with van der Waals surface area (Å²) in [5, 5.41) is 3.67. The summed E-state index contributed by atoms with van der Waals surface area (Å²) in [5.74, 6) is -0.0805. The topological polar surface area (TPSA) is 29.1 Å². The SMILES string of the molecule is Cc1cc(C(=O)NC(C)c2ccc(Cl)cc2)ccc1Br. The number of aryl methyl sites for hydroxylation is 1. The number of halogens is 2. The van der Waals surface area contributed by atoms with Crippen LogP contribution in [-0.2, 0) is 0 Å². The Morgan fingerprint density at radius 2 is 1.85 bits per heavy atom. The number of hydrogen-bond acceptors (Lipinski definition) is 1. The number of amides is 1. The van der Waals surface area contributed by atoms with Crippen molar-refractivity contribution in [3.63, 3.8) is 0 Å². The van der Waals surface area contributed by atoms with Crippen LogP contribution in [0.4, 0.5) is 0 Å². The third-order valence-electron chi connectivity index (χ3n) is 3.14. The monoisotopic (exact) mass is 351 g/mol. The van der Waals surface area contributed by atoms with Crippen LogP contribution in [0.25, 0.3) is 0 Å². The minimum atomic E-state index is -0.0805. The Balaban J connectivity index is 2.10. The van der Waals surface area contributed by atoms with Gasteiger partial charge in [-0.2, -0.15) is 0 Å². The minimum absolute atomic E-state index is 0.0660. The van der Waals surface area contributed by atoms with E-state index in [1.165, 1.54) is 0 Å². The number of rotatable bonds is 3. The van der Waals surface area contributed by atoms with Gasteiger partial charge in [-0.05, 0) is 55.3 Å². The van der Waals surface area contributed by atoms with Crippen LogP contribution in [0.2, 0.25) is 5.02 Å². The molecule has 0 heterocycles. The van der Waals surface area contributed by atoms with Gasteiger partial charge in [0.1, 0.15) is 0 Å². The lowest BCUT2D eigenvalue weighted by Gasteiger charge is -2.15. The second-order valence-corrected chi connectivity index (χ2v) is 6.00. The van der Waals surface area contributed by atoms with E-state index in [0.29, 0.717) is 10.6 Å². The summed E-state index contributed by atoms with van der Waals surface area (Å²) in [6, 6.07) is 13.0. The fourth-order valence-electron chi connectivity index (χ4n) is 1.90. The van der Waals surface area contributed by atoms with Gasteiger partial charge in [0.2, 0.25) is 0 Å². The first-order chi connectivity index (χ1) is 9.47. The maximum Gasteiger partial charge on any atom is 0.251 e. The van der Waals surface area contributed by atoms with Gasteiger partial charge in [0.05, 0.1) is 6.04 Å². The van der Waals surface area contributed by atoms with Crippen molar-refractivity contribution in [2.45, 2.75) is 19.9 Å². The molecule has 0 saturated carbocycles. The molecule has 2 aromatic carbocycles. The van der Waals surface area contributed by atoms with Crippen LogP contribution in [0.1, 0.15) is 34.5 Å². The maximum absolute atomic E-state index is 12.2. The molecule has 4 heteroatoms. The lowest BCUT2D eigenvalue weighted by atomic mass is 10.1. The molecule has 0 spiro atoms. The molecule has 0 aliphatic carbocycles. The van der Waals surface area contributed by atoms with Gasteiger partial charge in [0, 0.05) is 15.1 Å². The molecule has 104 valence electrons. The Bertz CT molecular complexity index is 625. The largest absolute Gasteiger partial charge is 0.346 e. The van der Waals surface area contributed by atoms with E-state index in [9.17, 15) is 4.79 Å². The third kappa shape index (κ3) is 3.62. The zero-order valence-corrected chi connectivity index (χ0v) is 13.6. The number of nitrogens with one attached hydrogen (secondary N) is 1. The predicted octanol–water partition coefficient (Wildman–Crippen LogP) is 4.90. The third-order valence-corrected chi connectivity index (χ3v) is 4.28. The van der Waals surface area contributed by atoms with E-state index < -0.39 is 0 Å². The number of hydrogen-bond donors (Lipinski definition) is 1. The second-order valence-electron chi connectivity index (χ2n) is 4.71. The van der Waals surface area contributed by atoms with Crippen LogP contribution in [0.5, 0.6) is 0 Å². The quantitative estimate of drug-likeness (QED) is 0.836. The number of carbonyl (C=O) groups excluding carboxylic acids is 1. The molecule has 2 nitrogen and oxygen atoms in total. The average Bonchev–Trinajstić information content (AvgIpc) is 2.42. The van der Waals surface area contributed by atoms with Crippen molar-refractivity contribution >= 4 is 33.4 Å². The van der Waals surface area contributed by atoms with E-state index in [1.54, 1.807) is 6.07 Å². The number of carbonyl (C=O) groups is 1. The standard InChI is InChI=1S/C16H15BrClNO/c1-10-9-13(5-8-15(10)17)16(20)19-11(2)12-3-6-14(18)7-4-12/h3-9,11H,1-2H3,(H,19,20). The van der Waals surface area contributed by atoms with E-state index in [0.717, 1.165) is 15.6 Å². The fraction of sp³-hybridized carbons (Fsp3) is 0.188. The molecule has 0 bridgehead atoms. The van der Waals surface area contributed by atoms with Gasteiger partial charge < -0.3 is 5.32 Å². The molecule has 20 heavy (non-hydrogen) atoms. The van der Waals surface area contributed by atoms with Crippen LogP contribution in [0, 0.1) is 6.92 Å². The highest BCUT2D eigenvalue weighted by molar-refractivity contribution is 9.10. The van der Waals surface area contributed by atoms with Crippen molar-refractivity contribution < 1.29 is 4.79 Å². The molecule has 0 aliphatic rings. The highest BCUT2D eigenvalue weighted by atomic mass is 79.9. The zero-order chi connectivity index (χ0) is 14.7. The van der Waals surface area contributed by atoms with Crippen LogP contribution in [0.3, 0.4) is 0 Å². The van der Waals surface area contributed by atoms with Gasteiger partial charge in [-0.1, -0.05) is 39.7 Å². The molecule has 0 radical (unpaired) electrons. The molecular weight excluding hydrogens is 338 g/mol. The Hall–Kier alpha value is -1.32. The van der Waals surface area contributed by atoms with Crippen LogP contribution in [0.15, 0.2) is 46.9 Å². The Kier molecular flexibility index (Phi) is 4.84. The van der Waals surface area contributed by atoms with Gasteiger partial charge in [0.15, 0.2) is 0 Å². The molecule has 0 fully saturated rings. The first kappa shape index (κ1) is 15.1. The summed E-state index contributed by atoms with van der Waals surface area (Å²) in [5.41, 5.74) is 2.72. The average molecular weight is 353 g/mol. The number of benzene rings is 2. The molecule has 1 amide bonds. The van der Waals surface area contributed by atoms with Gasteiger partial charge in [0.25, 0.3) is 5.91 Å². The van der Waals surface area contributed by atoms with Crippen molar-refractivity contribution in [3.8, 4) is 0 Å². The summed E-state index contributed by atoms with van der Waals surface area (Å²) < 4.78 is 1.000. The van der Waals surface area contributed by atoms with E-state index in [4.69, 9.17) is 11.6 Å². The van der Waals surface area contributed by atoms with E-state index >= 15 is 0 Å². The molecule has 2 aromatic rings. The molecule has 1 unspecified atom stereocenters. The highest BCUT2D eigenvalue weighted by Gasteiger charge is 2.12. The second kappa shape index (κ2) is 6.42. The summed E-state index contributed by atoms with van der Waals surface area (Å²) in [6.07, 6.45) is 0. The molecule has 2 rings (SSSR count). The Morgan fingerprint density at radius 3 is 2.45 bits per heavy atom. The van der Waals surface area contributed by atoms with Crippen molar-refractivity contribution in [2.75, 3.05) is 0 Å². The first-order valence-electron chi connectivity index (χ1n) is 6.30. The predicted molar refractivity (Wildman–Crippen MR) is 86.2 cm³/mol. The molecule has 0 aromatic heterocycles. The Morgan fingerprint density at radius 1 is 1.20 bits per heavy atom. The van der Waals surface area contributed by atoms with Crippen molar-refractivity contribution in [3.05, 3.63) is 68.7 Å². The van der Waals surface area contributed by atoms with Crippen LogP contribution in [-0.4, -0.2) is 5.91 Å². The van der Waals surface area contributed by atoms with Gasteiger partial charge in [-0.25, -0.2) is 0 Å². The van der Waals surface area contributed by atoms with E-state index in [1.807, 2.05) is 50.2 Å². The highest BCUT2D eigenvalue weighted by Crippen LogP contribution is 2.19. The van der Waals surface area contributed by atoms with Crippen molar-refractivity contribution in [2.24, 2.45) is 0 Å². The summed E-state index contributed by atoms with van der Waals surface area (Å²) in [6.45, 7) is 3.91. The molecule has 1 atom stereocenters. The summed E-state index contributed by atoms with van der Waals surface area (Å²) in [7, 11) is 0. The lowest BCUT2D eigenvalue weighted by molar-refractivity contribution is 0.0940. The van der Waals surface area contributed by atoms with Crippen LogP contribution >= 0.6 is 27.5 Å². The fourth-order valence-corrected chi connectivity index (χ4v) is 2.27. The first-order valence-corrected chi connectivity index (χ1v) is 7.47. The van der Waals surface area contributed by atoms with Crippen LogP contribution < -0.4 is 5.32 Å².